The largest absolute Gasteiger partial charge is 0.481 e. The molecular weight excluding hydrogens is 300 g/mol. The number of allylic oxidation sites excluding steroid dienone is 1. The summed E-state index contributed by atoms with van der Waals surface area (Å²) in [6.07, 6.45) is 3.86. The lowest BCUT2D eigenvalue weighted by Gasteiger charge is -2.51. The molecule has 0 radical (unpaired) electrons. The summed E-state index contributed by atoms with van der Waals surface area (Å²) < 4.78 is 5.21. The van der Waals surface area contributed by atoms with Crippen LogP contribution in [0.3, 0.4) is 0 Å². The molecule has 5 atom stereocenters. The van der Waals surface area contributed by atoms with Crippen molar-refractivity contribution >= 4 is 17.7 Å². The number of rotatable bonds is 5. The van der Waals surface area contributed by atoms with Gasteiger partial charge in [-0.1, -0.05) is 19.1 Å². The molecule has 0 bridgehead atoms. The summed E-state index contributed by atoms with van der Waals surface area (Å²) in [4.78, 5) is 36.7. The lowest BCUT2D eigenvalue weighted by Crippen LogP contribution is -2.57. The van der Waals surface area contributed by atoms with Gasteiger partial charge in [-0.25, -0.2) is 0 Å². The highest BCUT2D eigenvalue weighted by molar-refractivity contribution is 5.90. The fourth-order valence-electron chi connectivity index (χ4n) is 4.36. The second-order valence-electron chi connectivity index (χ2n) is 6.55. The van der Waals surface area contributed by atoms with Crippen molar-refractivity contribution in [3.63, 3.8) is 0 Å². The molecule has 0 aromatic heterocycles. The second kappa shape index (κ2) is 6.83. The van der Waals surface area contributed by atoms with Crippen molar-refractivity contribution in [1.82, 2.24) is 0 Å². The molecule has 0 amide bonds. The Balaban J connectivity index is 2.53. The molecular formula is C17H24O6. The normalized spacial score (nSPS) is 36.4. The molecule has 0 aliphatic heterocycles. The van der Waals surface area contributed by atoms with Crippen LogP contribution in [0.5, 0.6) is 0 Å². The smallest absolute Gasteiger partial charge is 0.313 e. The van der Waals surface area contributed by atoms with Crippen LogP contribution in [0.1, 0.15) is 33.1 Å². The first-order valence-electron chi connectivity index (χ1n) is 8.07. The summed E-state index contributed by atoms with van der Waals surface area (Å²) in [6.45, 7) is 3.40. The van der Waals surface area contributed by atoms with E-state index < -0.39 is 35.1 Å². The SMILES string of the molecule is CCOC(=O)[C@]1(CC(=O)O)[C@H](C)CC(=O)[C@H]2[C@H](CO)C=CC[C@@H]21. The van der Waals surface area contributed by atoms with Gasteiger partial charge in [0.1, 0.15) is 5.78 Å². The van der Waals surface area contributed by atoms with E-state index in [0.717, 1.165) is 0 Å². The number of fused-ring (bicyclic) bond motifs is 1. The number of Topliss-reactive ketones (excluding diaryl/α,β-unsaturated/α-hetero) is 1. The van der Waals surface area contributed by atoms with Gasteiger partial charge in [-0.3, -0.25) is 14.4 Å². The van der Waals surface area contributed by atoms with E-state index in [0.29, 0.717) is 6.42 Å². The van der Waals surface area contributed by atoms with Gasteiger partial charge >= 0.3 is 11.9 Å². The van der Waals surface area contributed by atoms with E-state index in [2.05, 4.69) is 0 Å². The standard InChI is InChI=1S/C17H24O6/c1-3-23-16(22)17(8-14(20)21)10(2)7-13(19)15-11(9-18)5-4-6-12(15)17/h4-5,10-12,15,18H,3,6-9H2,1-2H3,(H,20,21)/t10-,11+,12+,15+,17-/m1/s1. The predicted molar refractivity (Wildman–Crippen MR) is 81.4 cm³/mol. The first-order valence-corrected chi connectivity index (χ1v) is 8.07. The summed E-state index contributed by atoms with van der Waals surface area (Å²) in [6, 6.07) is 0. The first kappa shape index (κ1) is 17.7. The van der Waals surface area contributed by atoms with Crippen LogP contribution in [0.25, 0.3) is 0 Å². The van der Waals surface area contributed by atoms with E-state index in [4.69, 9.17) is 4.74 Å². The number of hydrogen-bond acceptors (Lipinski definition) is 5. The van der Waals surface area contributed by atoms with Gasteiger partial charge in [0.05, 0.1) is 25.0 Å². The Morgan fingerprint density at radius 1 is 1.43 bits per heavy atom. The van der Waals surface area contributed by atoms with Crippen LogP contribution in [0.15, 0.2) is 12.2 Å². The van der Waals surface area contributed by atoms with E-state index in [1.807, 2.05) is 6.08 Å². The number of carbonyl (C=O) groups is 3. The fraction of sp³-hybridized carbons (Fsp3) is 0.706. The number of esters is 1. The zero-order chi connectivity index (χ0) is 17.2. The van der Waals surface area contributed by atoms with Crippen LogP contribution in [-0.4, -0.2) is 41.1 Å². The van der Waals surface area contributed by atoms with Crippen molar-refractivity contribution < 1.29 is 29.3 Å². The van der Waals surface area contributed by atoms with Crippen LogP contribution in [-0.2, 0) is 19.1 Å². The Bertz CT molecular complexity index is 525. The number of aliphatic hydroxyl groups excluding tert-OH is 1. The first-order chi connectivity index (χ1) is 10.9. The number of ether oxygens (including phenoxy) is 1. The number of hydrogen-bond donors (Lipinski definition) is 2. The average Bonchev–Trinajstić information content (AvgIpc) is 2.50. The number of ketones is 1. The molecule has 23 heavy (non-hydrogen) atoms. The summed E-state index contributed by atoms with van der Waals surface area (Å²) in [7, 11) is 0. The van der Waals surface area contributed by atoms with Gasteiger partial charge in [0.15, 0.2) is 0 Å². The monoisotopic (exact) mass is 324 g/mol. The van der Waals surface area contributed by atoms with Gasteiger partial charge in [-0.15, -0.1) is 0 Å². The zero-order valence-corrected chi connectivity index (χ0v) is 13.5. The Kier molecular flexibility index (Phi) is 5.24. The van der Waals surface area contributed by atoms with E-state index in [-0.39, 0.29) is 37.8 Å². The summed E-state index contributed by atoms with van der Waals surface area (Å²) in [5.41, 5.74) is -1.22. The van der Waals surface area contributed by atoms with Gasteiger partial charge in [-0.2, -0.15) is 0 Å². The van der Waals surface area contributed by atoms with Crippen LogP contribution in [0.2, 0.25) is 0 Å². The van der Waals surface area contributed by atoms with Gasteiger partial charge in [-0.05, 0) is 25.2 Å². The fourth-order valence-corrected chi connectivity index (χ4v) is 4.36. The molecule has 1 fully saturated rings. The molecule has 0 aromatic carbocycles. The van der Waals surface area contributed by atoms with E-state index in [1.165, 1.54) is 0 Å². The maximum atomic E-state index is 12.7. The summed E-state index contributed by atoms with van der Waals surface area (Å²) >= 11 is 0. The maximum absolute atomic E-state index is 12.7. The molecule has 2 aliphatic rings. The maximum Gasteiger partial charge on any atom is 0.313 e. The highest BCUT2D eigenvalue weighted by Crippen LogP contribution is 2.55. The minimum atomic E-state index is -1.22. The summed E-state index contributed by atoms with van der Waals surface area (Å²) in [5.74, 6) is -3.36. The highest BCUT2D eigenvalue weighted by atomic mass is 16.5. The highest BCUT2D eigenvalue weighted by Gasteiger charge is 2.60. The minimum Gasteiger partial charge on any atom is -0.481 e. The predicted octanol–water partition coefficient (Wildman–Crippen LogP) is 1.42. The molecule has 2 aliphatic carbocycles. The molecule has 2 rings (SSSR count). The quantitative estimate of drug-likeness (QED) is 0.586. The molecule has 0 saturated heterocycles. The molecule has 0 spiro atoms. The Morgan fingerprint density at radius 3 is 2.70 bits per heavy atom. The number of carbonyl (C=O) groups excluding carboxylic acids is 2. The Hall–Kier alpha value is -1.69. The Labute approximate surface area is 135 Å². The number of carboxylic acid groups (broad SMARTS) is 1. The number of aliphatic carboxylic acids is 1. The molecule has 1 saturated carbocycles. The van der Waals surface area contributed by atoms with Crippen LogP contribution in [0.4, 0.5) is 0 Å². The molecule has 0 aromatic rings. The van der Waals surface area contributed by atoms with E-state index >= 15 is 0 Å². The van der Waals surface area contributed by atoms with Gasteiger partial charge in [0.2, 0.25) is 0 Å². The third kappa shape index (κ3) is 2.92. The van der Waals surface area contributed by atoms with Crippen molar-refractivity contribution in [2.24, 2.45) is 29.1 Å². The van der Waals surface area contributed by atoms with Crippen molar-refractivity contribution in [3.8, 4) is 0 Å². The van der Waals surface area contributed by atoms with Crippen molar-refractivity contribution in [2.75, 3.05) is 13.2 Å². The molecule has 2 N–H and O–H groups in total. The number of carboxylic acids is 1. The number of aliphatic hydroxyl groups is 1. The third-order valence-electron chi connectivity index (χ3n) is 5.40. The zero-order valence-electron chi connectivity index (χ0n) is 13.5. The molecule has 6 nitrogen and oxygen atoms in total. The molecule has 0 heterocycles. The lowest BCUT2D eigenvalue weighted by atomic mass is 9.51. The van der Waals surface area contributed by atoms with Crippen molar-refractivity contribution in [2.45, 2.75) is 33.1 Å². The second-order valence-corrected chi connectivity index (χ2v) is 6.55. The van der Waals surface area contributed by atoms with Gasteiger partial charge < -0.3 is 14.9 Å². The van der Waals surface area contributed by atoms with Crippen LogP contribution < -0.4 is 0 Å². The van der Waals surface area contributed by atoms with E-state index in [1.54, 1.807) is 19.9 Å². The van der Waals surface area contributed by atoms with Crippen molar-refractivity contribution in [3.05, 3.63) is 12.2 Å². The van der Waals surface area contributed by atoms with E-state index in [9.17, 15) is 24.6 Å². The summed E-state index contributed by atoms with van der Waals surface area (Å²) in [5, 5.41) is 19.0. The van der Waals surface area contributed by atoms with Gasteiger partial charge in [0, 0.05) is 18.3 Å². The molecule has 6 heteroatoms. The van der Waals surface area contributed by atoms with Crippen molar-refractivity contribution in [1.29, 1.82) is 0 Å². The lowest BCUT2D eigenvalue weighted by molar-refractivity contribution is -0.179. The molecule has 0 unspecified atom stereocenters. The van der Waals surface area contributed by atoms with Crippen LogP contribution in [0, 0.1) is 29.1 Å². The third-order valence-corrected chi connectivity index (χ3v) is 5.40. The van der Waals surface area contributed by atoms with Crippen LogP contribution >= 0.6 is 0 Å². The van der Waals surface area contributed by atoms with Gasteiger partial charge in [0.25, 0.3) is 0 Å². The molecule has 128 valence electrons. The topological polar surface area (TPSA) is 101 Å². The minimum absolute atomic E-state index is 0.00351. The average molecular weight is 324 g/mol. The Morgan fingerprint density at radius 2 is 2.13 bits per heavy atom.